The number of benzene rings is 2. The monoisotopic (exact) mass is 451 g/mol. The number of rotatable bonds is 6. The summed E-state index contributed by atoms with van der Waals surface area (Å²) in [5, 5.41) is 3.35. The highest BCUT2D eigenvalue weighted by Crippen LogP contribution is 2.46. The predicted octanol–water partition coefficient (Wildman–Crippen LogP) is 5.44. The highest BCUT2D eigenvalue weighted by atomic mass is 32.2. The summed E-state index contributed by atoms with van der Waals surface area (Å²) in [6, 6.07) is 18.1. The average Bonchev–Trinajstić information content (AvgIpc) is 3.15. The summed E-state index contributed by atoms with van der Waals surface area (Å²) in [6.45, 7) is 6.04. The van der Waals surface area contributed by atoms with E-state index in [1.165, 1.54) is 5.56 Å². The quantitative estimate of drug-likeness (QED) is 0.463. The van der Waals surface area contributed by atoms with Crippen molar-refractivity contribution in [1.82, 2.24) is 5.32 Å². The molecule has 2 unspecified atom stereocenters. The summed E-state index contributed by atoms with van der Waals surface area (Å²) < 4.78 is 15.9. The third-order valence-electron chi connectivity index (χ3n) is 5.41. The predicted molar refractivity (Wildman–Crippen MR) is 122 cm³/mol. The van der Waals surface area contributed by atoms with Gasteiger partial charge in [0.15, 0.2) is 0 Å². The molecule has 0 amide bonds. The van der Waals surface area contributed by atoms with Crippen LogP contribution >= 0.6 is 11.8 Å². The Morgan fingerprint density at radius 3 is 2.66 bits per heavy atom. The van der Waals surface area contributed by atoms with Crippen molar-refractivity contribution < 1.29 is 23.8 Å². The minimum atomic E-state index is -0.799. The Hall–Kier alpha value is -3.19. The maximum atomic E-state index is 12.7. The zero-order valence-corrected chi connectivity index (χ0v) is 19.0. The van der Waals surface area contributed by atoms with Crippen LogP contribution in [0.15, 0.2) is 82.2 Å². The Morgan fingerprint density at radius 1 is 1.19 bits per heavy atom. The van der Waals surface area contributed by atoms with E-state index < -0.39 is 18.0 Å². The smallest absolute Gasteiger partial charge is 0.456 e. The Morgan fingerprint density at radius 2 is 1.91 bits per heavy atom. The third kappa shape index (κ3) is 4.39. The van der Waals surface area contributed by atoms with Crippen molar-refractivity contribution in [3.8, 4) is 0 Å². The number of dihydropyridines is 1. The van der Waals surface area contributed by atoms with Gasteiger partial charge in [0.1, 0.15) is 12.4 Å². The number of ether oxygens (including phenoxy) is 3. The van der Waals surface area contributed by atoms with Crippen molar-refractivity contribution in [3.63, 3.8) is 0 Å². The van der Waals surface area contributed by atoms with Crippen molar-refractivity contribution in [2.24, 2.45) is 0 Å². The van der Waals surface area contributed by atoms with Gasteiger partial charge < -0.3 is 19.5 Å². The number of thioether (sulfide) groups is 1. The van der Waals surface area contributed by atoms with E-state index in [4.69, 9.17) is 14.2 Å². The molecule has 0 bridgehead atoms. The number of carbonyl (C=O) groups is 2. The zero-order chi connectivity index (χ0) is 22.7. The van der Waals surface area contributed by atoms with E-state index in [0.717, 1.165) is 10.5 Å². The molecular weight excluding hydrogens is 426 g/mol. The second-order valence-corrected chi connectivity index (χ2v) is 8.89. The molecule has 2 atom stereocenters. The van der Waals surface area contributed by atoms with Gasteiger partial charge in [0.25, 0.3) is 0 Å². The molecule has 6 nitrogen and oxygen atoms in total. The molecule has 2 aromatic rings. The molecule has 2 heterocycles. The van der Waals surface area contributed by atoms with E-state index >= 15 is 0 Å². The Kier molecular flexibility index (Phi) is 6.55. The lowest BCUT2D eigenvalue weighted by Gasteiger charge is -2.29. The fourth-order valence-electron chi connectivity index (χ4n) is 3.93. The lowest BCUT2D eigenvalue weighted by Crippen LogP contribution is -2.28. The van der Waals surface area contributed by atoms with Gasteiger partial charge in [-0.1, -0.05) is 48.5 Å². The summed E-state index contributed by atoms with van der Waals surface area (Å²) in [6.07, 6.45) is -0.799. The van der Waals surface area contributed by atoms with Gasteiger partial charge in [0, 0.05) is 10.1 Å². The molecule has 166 valence electrons. The maximum Gasteiger partial charge on any atom is 0.513 e. The Labute approximate surface area is 191 Å². The van der Waals surface area contributed by atoms with Crippen molar-refractivity contribution >= 4 is 23.9 Å². The van der Waals surface area contributed by atoms with E-state index in [9.17, 15) is 9.59 Å². The van der Waals surface area contributed by atoms with Crippen molar-refractivity contribution in [3.05, 3.63) is 88.5 Å². The lowest BCUT2D eigenvalue weighted by molar-refractivity contribution is -0.136. The van der Waals surface area contributed by atoms with Crippen LogP contribution in [0, 0.1) is 0 Å². The largest absolute Gasteiger partial charge is 0.513 e. The van der Waals surface area contributed by atoms with E-state index in [2.05, 4.69) is 24.4 Å². The standard InChI is InChI=1S/C25H25NO5S/c1-4-29-25(28)31-23-15(2)26-19-14-30-24(27)22(19)21(23)18-12-8-9-13-20(18)32-16(3)17-10-6-5-7-11-17/h5-13,16,21,26H,4,14H2,1-3H3. The van der Waals surface area contributed by atoms with Gasteiger partial charge in [0.2, 0.25) is 0 Å². The molecule has 0 aromatic heterocycles. The van der Waals surface area contributed by atoms with Gasteiger partial charge >= 0.3 is 12.1 Å². The summed E-state index contributed by atoms with van der Waals surface area (Å²) in [5.74, 6) is -0.635. The summed E-state index contributed by atoms with van der Waals surface area (Å²) in [7, 11) is 0. The number of nitrogens with one attached hydrogen (secondary N) is 1. The molecule has 2 aromatic carbocycles. The number of carbonyl (C=O) groups excluding carboxylic acids is 2. The number of allylic oxidation sites excluding steroid dienone is 2. The van der Waals surface area contributed by atoms with Gasteiger partial charge in [-0.2, -0.15) is 0 Å². The molecule has 2 aliphatic rings. The van der Waals surface area contributed by atoms with Crippen molar-refractivity contribution in [2.45, 2.75) is 36.8 Å². The Balaban J connectivity index is 1.75. The van der Waals surface area contributed by atoms with Crippen LogP contribution in [0.4, 0.5) is 4.79 Å². The molecule has 0 saturated carbocycles. The highest BCUT2D eigenvalue weighted by Gasteiger charge is 2.42. The number of cyclic esters (lactones) is 1. The second-order valence-electron chi connectivity index (χ2n) is 7.51. The van der Waals surface area contributed by atoms with Gasteiger partial charge in [-0.05, 0) is 38.0 Å². The van der Waals surface area contributed by atoms with Gasteiger partial charge in [0.05, 0.1) is 29.5 Å². The zero-order valence-electron chi connectivity index (χ0n) is 18.2. The van der Waals surface area contributed by atoms with Crippen LogP contribution in [0.3, 0.4) is 0 Å². The van der Waals surface area contributed by atoms with Crippen LogP contribution in [0.25, 0.3) is 0 Å². The molecule has 0 saturated heterocycles. The maximum absolute atomic E-state index is 12.7. The molecule has 0 aliphatic carbocycles. The number of esters is 1. The third-order valence-corrected chi connectivity index (χ3v) is 6.66. The Bertz CT molecular complexity index is 1090. The van der Waals surface area contributed by atoms with Crippen molar-refractivity contribution in [1.29, 1.82) is 0 Å². The summed E-state index contributed by atoms with van der Waals surface area (Å²) in [4.78, 5) is 25.9. The molecule has 0 spiro atoms. The SMILES string of the molecule is CCOC(=O)OC1=C(C)NC2=C(C(=O)OC2)C1c1ccccc1SC(C)c1ccccc1. The summed E-state index contributed by atoms with van der Waals surface area (Å²) in [5.41, 5.74) is 3.90. The van der Waals surface area contributed by atoms with E-state index in [1.54, 1.807) is 18.7 Å². The van der Waals surface area contributed by atoms with Gasteiger partial charge in [-0.3, -0.25) is 0 Å². The molecule has 7 heteroatoms. The van der Waals surface area contributed by atoms with E-state index in [1.807, 2.05) is 49.4 Å². The van der Waals surface area contributed by atoms with Crippen LogP contribution in [0.1, 0.15) is 43.1 Å². The van der Waals surface area contributed by atoms with Crippen LogP contribution in [-0.2, 0) is 19.0 Å². The van der Waals surface area contributed by atoms with E-state index in [-0.39, 0.29) is 18.5 Å². The second kappa shape index (κ2) is 9.53. The molecule has 32 heavy (non-hydrogen) atoms. The van der Waals surface area contributed by atoms with Crippen LogP contribution in [0.2, 0.25) is 0 Å². The average molecular weight is 452 g/mol. The fraction of sp³-hybridized carbons (Fsp3) is 0.280. The van der Waals surface area contributed by atoms with Crippen LogP contribution in [-0.4, -0.2) is 25.3 Å². The molecule has 0 radical (unpaired) electrons. The minimum absolute atomic E-state index is 0.171. The molecule has 4 rings (SSSR count). The fourth-order valence-corrected chi connectivity index (χ4v) is 5.08. The first-order valence-electron chi connectivity index (χ1n) is 10.5. The summed E-state index contributed by atoms with van der Waals surface area (Å²) >= 11 is 1.70. The molecule has 1 N–H and O–H groups in total. The van der Waals surface area contributed by atoms with E-state index in [0.29, 0.717) is 22.7 Å². The number of hydrogen-bond acceptors (Lipinski definition) is 7. The lowest BCUT2D eigenvalue weighted by atomic mass is 9.85. The van der Waals surface area contributed by atoms with Crippen LogP contribution in [0.5, 0.6) is 0 Å². The minimum Gasteiger partial charge on any atom is -0.456 e. The van der Waals surface area contributed by atoms with Crippen molar-refractivity contribution in [2.75, 3.05) is 13.2 Å². The number of hydrogen-bond donors (Lipinski definition) is 1. The van der Waals surface area contributed by atoms with Crippen LogP contribution < -0.4 is 5.32 Å². The topological polar surface area (TPSA) is 73.9 Å². The first-order chi connectivity index (χ1) is 15.5. The van der Waals surface area contributed by atoms with Gasteiger partial charge in [-0.25, -0.2) is 9.59 Å². The first kappa shape index (κ1) is 22.0. The normalized spacial score (nSPS) is 18.6. The molecule has 2 aliphatic heterocycles. The highest BCUT2D eigenvalue weighted by molar-refractivity contribution is 7.99. The molecular formula is C25H25NO5S. The first-order valence-corrected chi connectivity index (χ1v) is 11.4. The molecule has 0 fully saturated rings. The van der Waals surface area contributed by atoms with Gasteiger partial charge in [-0.15, -0.1) is 11.8 Å².